The predicted octanol–water partition coefficient (Wildman–Crippen LogP) is 2.95. The fourth-order valence-electron chi connectivity index (χ4n) is 2.51. The van der Waals surface area contributed by atoms with Gasteiger partial charge >= 0.3 is 0 Å². The molecule has 0 saturated carbocycles. The molecular weight excluding hydrogens is 243 g/mol. The normalized spacial score (nSPS) is 11.2. The van der Waals surface area contributed by atoms with E-state index in [1.807, 2.05) is 48.8 Å². The zero-order valence-electron chi connectivity index (χ0n) is 10.8. The molecular formula is C17H11BN2. The zero-order chi connectivity index (χ0) is 13.5. The van der Waals surface area contributed by atoms with Crippen molar-refractivity contribution in [3.8, 4) is 11.3 Å². The number of imidazole rings is 1. The van der Waals surface area contributed by atoms with Crippen LogP contribution in [0.25, 0.3) is 27.7 Å². The van der Waals surface area contributed by atoms with E-state index < -0.39 is 0 Å². The molecule has 20 heavy (non-hydrogen) atoms. The van der Waals surface area contributed by atoms with Gasteiger partial charge in [-0.15, -0.1) is 0 Å². The predicted molar refractivity (Wildman–Crippen MR) is 83.5 cm³/mol. The van der Waals surface area contributed by atoms with Crippen LogP contribution in [0.1, 0.15) is 0 Å². The Morgan fingerprint density at radius 3 is 2.55 bits per heavy atom. The first-order chi connectivity index (χ1) is 9.81. The zero-order valence-corrected chi connectivity index (χ0v) is 10.8. The molecule has 2 nitrogen and oxygen atoms in total. The van der Waals surface area contributed by atoms with Crippen LogP contribution in [-0.4, -0.2) is 17.2 Å². The molecule has 0 atom stereocenters. The van der Waals surface area contributed by atoms with Crippen molar-refractivity contribution >= 4 is 29.7 Å². The number of hydrogen-bond donors (Lipinski definition) is 0. The van der Waals surface area contributed by atoms with E-state index >= 15 is 0 Å². The summed E-state index contributed by atoms with van der Waals surface area (Å²) in [6, 6.07) is 18.2. The van der Waals surface area contributed by atoms with Gasteiger partial charge in [0, 0.05) is 23.3 Å². The minimum Gasteiger partial charge on any atom is -0.306 e. The van der Waals surface area contributed by atoms with Gasteiger partial charge in [0.15, 0.2) is 0 Å². The second kappa shape index (κ2) is 4.24. The second-order valence-electron chi connectivity index (χ2n) is 4.88. The van der Waals surface area contributed by atoms with Crippen LogP contribution in [0.2, 0.25) is 0 Å². The molecule has 0 aliphatic carbocycles. The first-order valence-corrected chi connectivity index (χ1v) is 6.54. The molecule has 2 heterocycles. The fraction of sp³-hybridized carbons (Fsp3) is 0. The molecule has 4 aromatic rings. The van der Waals surface area contributed by atoms with Gasteiger partial charge in [-0.1, -0.05) is 54.0 Å². The molecule has 0 aliphatic heterocycles. The van der Waals surface area contributed by atoms with Gasteiger partial charge in [-0.25, -0.2) is 4.98 Å². The van der Waals surface area contributed by atoms with Gasteiger partial charge in [-0.3, -0.25) is 0 Å². The number of aromatic nitrogens is 2. The van der Waals surface area contributed by atoms with Crippen LogP contribution in [0.5, 0.6) is 0 Å². The van der Waals surface area contributed by atoms with Crippen LogP contribution in [0.3, 0.4) is 0 Å². The number of hydrogen-bond acceptors (Lipinski definition) is 1. The van der Waals surface area contributed by atoms with Crippen LogP contribution in [0, 0.1) is 0 Å². The summed E-state index contributed by atoms with van der Waals surface area (Å²) in [4.78, 5) is 4.76. The van der Waals surface area contributed by atoms with Gasteiger partial charge in [0.25, 0.3) is 0 Å². The quantitative estimate of drug-likeness (QED) is 0.477. The van der Waals surface area contributed by atoms with E-state index in [1.54, 1.807) is 0 Å². The number of pyridine rings is 1. The lowest BCUT2D eigenvalue weighted by molar-refractivity contribution is 1.20. The molecule has 2 radical (unpaired) electrons. The van der Waals surface area contributed by atoms with Gasteiger partial charge in [-0.05, 0) is 11.5 Å². The highest BCUT2D eigenvalue weighted by atomic mass is 15.0. The molecule has 2 aromatic heterocycles. The summed E-state index contributed by atoms with van der Waals surface area (Å²) in [5.41, 5.74) is 3.78. The highest BCUT2D eigenvalue weighted by Gasteiger charge is 2.06. The minimum atomic E-state index is 0.767. The van der Waals surface area contributed by atoms with Crippen LogP contribution in [0.15, 0.2) is 67.0 Å². The molecule has 0 saturated heterocycles. The molecule has 0 spiro atoms. The first-order valence-electron chi connectivity index (χ1n) is 6.54. The Morgan fingerprint density at radius 1 is 0.900 bits per heavy atom. The van der Waals surface area contributed by atoms with E-state index in [0.717, 1.165) is 27.8 Å². The Labute approximate surface area is 118 Å². The van der Waals surface area contributed by atoms with E-state index in [9.17, 15) is 0 Å². The molecule has 0 fully saturated rings. The maximum Gasteiger partial charge on any atom is 0.145 e. The third-order valence-corrected chi connectivity index (χ3v) is 3.56. The molecule has 4 rings (SSSR count). The van der Waals surface area contributed by atoms with Gasteiger partial charge in [0.2, 0.25) is 0 Å². The Balaban J connectivity index is 1.98. The maximum atomic E-state index is 5.73. The Morgan fingerprint density at radius 2 is 1.70 bits per heavy atom. The van der Waals surface area contributed by atoms with E-state index in [1.165, 1.54) is 5.39 Å². The number of fused-ring (bicyclic) bond motifs is 3. The van der Waals surface area contributed by atoms with Crippen molar-refractivity contribution in [3.63, 3.8) is 0 Å². The summed E-state index contributed by atoms with van der Waals surface area (Å²) in [6.45, 7) is 0. The van der Waals surface area contributed by atoms with Crippen molar-refractivity contribution in [1.29, 1.82) is 0 Å². The summed E-state index contributed by atoms with van der Waals surface area (Å²) < 4.78 is 2.06. The number of benzene rings is 2. The summed E-state index contributed by atoms with van der Waals surface area (Å²) in [7, 11) is 5.73. The molecule has 0 aliphatic rings. The van der Waals surface area contributed by atoms with Crippen molar-refractivity contribution in [2.75, 3.05) is 0 Å². The molecule has 0 amide bonds. The van der Waals surface area contributed by atoms with Gasteiger partial charge < -0.3 is 4.40 Å². The fourth-order valence-corrected chi connectivity index (χ4v) is 2.51. The topological polar surface area (TPSA) is 17.3 Å². The van der Waals surface area contributed by atoms with Crippen molar-refractivity contribution in [3.05, 3.63) is 67.0 Å². The van der Waals surface area contributed by atoms with Crippen LogP contribution < -0.4 is 5.46 Å². The van der Waals surface area contributed by atoms with Crippen molar-refractivity contribution in [2.45, 2.75) is 0 Å². The van der Waals surface area contributed by atoms with Crippen molar-refractivity contribution < 1.29 is 0 Å². The lowest BCUT2D eigenvalue weighted by Crippen LogP contribution is -1.99. The third-order valence-electron chi connectivity index (χ3n) is 3.56. The molecule has 2 aromatic carbocycles. The highest BCUT2D eigenvalue weighted by molar-refractivity contribution is 6.32. The lowest BCUT2D eigenvalue weighted by atomic mass is 9.95. The van der Waals surface area contributed by atoms with E-state index in [-0.39, 0.29) is 0 Å². The summed E-state index contributed by atoms with van der Waals surface area (Å²) in [5.74, 6) is 0. The van der Waals surface area contributed by atoms with E-state index in [0.29, 0.717) is 0 Å². The largest absolute Gasteiger partial charge is 0.306 e. The molecule has 3 heteroatoms. The van der Waals surface area contributed by atoms with E-state index in [2.05, 4.69) is 22.6 Å². The molecule has 0 bridgehead atoms. The average Bonchev–Trinajstić information content (AvgIpc) is 2.92. The minimum absolute atomic E-state index is 0.767. The van der Waals surface area contributed by atoms with Gasteiger partial charge in [-0.2, -0.15) is 0 Å². The Kier molecular flexibility index (Phi) is 2.39. The first kappa shape index (κ1) is 11.3. The Hall–Kier alpha value is -2.55. The summed E-state index contributed by atoms with van der Waals surface area (Å²) in [5, 5.41) is 2.37. The second-order valence-corrected chi connectivity index (χ2v) is 4.88. The number of nitrogens with zero attached hydrogens (tertiary/aromatic N) is 2. The highest BCUT2D eigenvalue weighted by Crippen LogP contribution is 2.23. The van der Waals surface area contributed by atoms with Crippen molar-refractivity contribution in [1.82, 2.24) is 9.38 Å². The lowest BCUT2D eigenvalue weighted by Gasteiger charge is -1.98. The number of rotatable bonds is 1. The molecule has 0 unspecified atom stereocenters. The van der Waals surface area contributed by atoms with Gasteiger partial charge in [0.1, 0.15) is 13.5 Å². The summed E-state index contributed by atoms with van der Waals surface area (Å²) in [6.07, 6.45) is 4.10. The maximum absolute atomic E-state index is 5.73. The summed E-state index contributed by atoms with van der Waals surface area (Å²) >= 11 is 0. The monoisotopic (exact) mass is 254 g/mol. The van der Waals surface area contributed by atoms with Crippen LogP contribution in [0.4, 0.5) is 0 Å². The third kappa shape index (κ3) is 1.71. The van der Waals surface area contributed by atoms with E-state index in [4.69, 9.17) is 12.8 Å². The van der Waals surface area contributed by atoms with Crippen molar-refractivity contribution in [2.24, 2.45) is 0 Å². The Bertz CT molecular complexity index is 907. The smallest absolute Gasteiger partial charge is 0.145 e. The van der Waals surface area contributed by atoms with Crippen LogP contribution >= 0.6 is 0 Å². The average molecular weight is 254 g/mol. The SMILES string of the molecule is [B]c1ccc(-c2cn3ccc4ccccc4c3n2)cc1. The standard InChI is InChI=1S/C17H11BN2/c18-14-7-5-13(6-8-14)16-11-20-10-9-12-3-1-2-4-15(12)17(20)19-16/h1-11H. The van der Waals surface area contributed by atoms with Gasteiger partial charge in [0.05, 0.1) is 5.69 Å². The molecule has 92 valence electrons. The molecule has 0 N–H and O–H groups in total. The van der Waals surface area contributed by atoms with Crippen LogP contribution in [-0.2, 0) is 0 Å².